The fourth-order valence-corrected chi connectivity index (χ4v) is 0.512. The zero-order valence-electron chi connectivity index (χ0n) is 8.14. The SMILES string of the molecule is CNCCCO.CNCCCO. The normalized spacial score (nSPS) is 9.00. The van der Waals surface area contributed by atoms with Crippen molar-refractivity contribution in [2.75, 3.05) is 40.4 Å². The number of aliphatic hydroxyl groups excluding tert-OH is 2. The van der Waals surface area contributed by atoms with Crippen LogP contribution >= 0.6 is 0 Å². The zero-order valence-corrected chi connectivity index (χ0v) is 8.14. The highest BCUT2D eigenvalue weighted by Crippen LogP contribution is 1.66. The summed E-state index contributed by atoms with van der Waals surface area (Å²) in [6.45, 7) is 2.41. The molecule has 4 N–H and O–H groups in total. The summed E-state index contributed by atoms with van der Waals surface area (Å²) in [5.74, 6) is 0. The van der Waals surface area contributed by atoms with Crippen molar-refractivity contribution in [3.8, 4) is 0 Å². The number of hydrogen-bond donors (Lipinski definition) is 4. The summed E-state index contributed by atoms with van der Waals surface area (Å²) >= 11 is 0. The molecule has 12 heavy (non-hydrogen) atoms. The van der Waals surface area contributed by atoms with Gasteiger partial charge in [-0.05, 0) is 40.0 Å². The van der Waals surface area contributed by atoms with Crippen LogP contribution < -0.4 is 10.6 Å². The number of rotatable bonds is 6. The molecule has 0 rings (SSSR count). The van der Waals surface area contributed by atoms with Crippen molar-refractivity contribution in [1.82, 2.24) is 10.6 Å². The van der Waals surface area contributed by atoms with E-state index < -0.39 is 0 Å². The van der Waals surface area contributed by atoms with Crippen molar-refractivity contribution in [1.29, 1.82) is 0 Å². The molecule has 0 atom stereocenters. The van der Waals surface area contributed by atoms with Crippen LogP contribution in [0.2, 0.25) is 0 Å². The molecule has 0 unspecified atom stereocenters. The summed E-state index contributed by atoms with van der Waals surface area (Å²) < 4.78 is 0. The lowest BCUT2D eigenvalue weighted by Gasteiger charge is -1.89. The Morgan fingerprint density at radius 3 is 1.25 bits per heavy atom. The largest absolute Gasteiger partial charge is 0.396 e. The average Bonchev–Trinajstić information content (AvgIpc) is 2.12. The maximum Gasteiger partial charge on any atom is 0.0443 e. The maximum absolute atomic E-state index is 8.16. The van der Waals surface area contributed by atoms with Gasteiger partial charge in [-0.2, -0.15) is 0 Å². The quantitative estimate of drug-likeness (QED) is 0.401. The highest BCUT2D eigenvalue weighted by atomic mass is 16.3. The van der Waals surface area contributed by atoms with E-state index in [0.717, 1.165) is 25.9 Å². The predicted molar refractivity (Wildman–Crippen MR) is 51.3 cm³/mol. The third-order valence-electron chi connectivity index (χ3n) is 1.17. The van der Waals surface area contributed by atoms with Gasteiger partial charge in [0.25, 0.3) is 0 Å². The number of aliphatic hydroxyl groups is 2. The van der Waals surface area contributed by atoms with E-state index in [-0.39, 0.29) is 0 Å². The van der Waals surface area contributed by atoms with Gasteiger partial charge in [-0.15, -0.1) is 0 Å². The second-order valence-corrected chi connectivity index (χ2v) is 2.36. The minimum atomic E-state index is 0.292. The van der Waals surface area contributed by atoms with Crippen LogP contribution in [0.4, 0.5) is 0 Å². The third kappa shape index (κ3) is 22.5. The summed E-state index contributed by atoms with van der Waals surface area (Å²) in [6, 6.07) is 0. The van der Waals surface area contributed by atoms with Crippen molar-refractivity contribution in [3.05, 3.63) is 0 Å². The van der Waals surface area contributed by atoms with Gasteiger partial charge >= 0.3 is 0 Å². The molecule has 0 saturated carbocycles. The Hall–Kier alpha value is -0.160. The highest BCUT2D eigenvalue weighted by molar-refractivity contribution is 4.35. The molecule has 0 spiro atoms. The molecule has 0 amide bonds. The first-order chi connectivity index (χ1) is 5.83. The first kappa shape index (κ1) is 14.4. The summed E-state index contributed by atoms with van der Waals surface area (Å²) in [7, 11) is 3.74. The standard InChI is InChI=1S/2C4H11NO/c2*1-5-3-2-4-6/h2*5-6H,2-4H2,1H3. The molecule has 0 bridgehead atoms. The van der Waals surface area contributed by atoms with E-state index in [1.165, 1.54) is 0 Å². The minimum Gasteiger partial charge on any atom is -0.396 e. The van der Waals surface area contributed by atoms with Crippen LogP contribution in [-0.4, -0.2) is 50.6 Å². The van der Waals surface area contributed by atoms with E-state index in [9.17, 15) is 0 Å². The van der Waals surface area contributed by atoms with Crippen LogP contribution in [-0.2, 0) is 0 Å². The summed E-state index contributed by atoms with van der Waals surface area (Å²) in [6.07, 6.45) is 1.72. The third-order valence-corrected chi connectivity index (χ3v) is 1.17. The van der Waals surface area contributed by atoms with E-state index >= 15 is 0 Å². The van der Waals surface area contributed by atoms with Crippen LogP contribution in [0.25, 0.3) is 0 Å². The molecule has 0 heterocycles. The maximum atomic E-state index is 8.16. The molecule has 4 nitrogen and oxygen atoms in total. The van der Waals surface area contributed by atoms with Crippen LogP contribution in [0.15, 0.2) is 0 Å². The van der Waals surface area contributed by atoms with Crippen molar-refractivity contribution in [3.63, 3.8) is 0 Å². The summed E-state index contributed by atoms with van der Waals surface area (Å²) in [5.41, 5.74) is 0. The van der Waals surface area contributed by atoms with E-state index in [2.05, 4.69) is 10.6 Å². The minimum absolute atomic E-state index is 0.292. The van der Waals surface area contributed by atoms with Crippen molar-refractivity contribution >= 4 is 0 Å². The Morgan fingerprint density at radius 1 is 0.833 bits per heavy atom. The Balaban J connectivity index is 0. The van der Waals surface area contributed by atoms with E-state index in [0.29, 0.717) is 13.2 Å². The van der Waals surface area contributed by atoms with Crippen LogP contribution in [0.1, 0.15) is 12.8 Å². The van der Waals surface area contributed by atoms with Gasteiger partial charge in [-0.1, -0.05) is 0 Å². The fourth-order valence-electron chi connectivity index (χ4n) is 0.512. The molecule has 4 heteroatoms. The molecular weight excluding hydrogens is 156 g/mol. The van der Waals surface area contributed by atoms with Crippen LogP contribution in [0, 0.1) is 0 Å². The van der Waals surface area contributed by atoms with Gasteiger partial charge in [0.05, 0.1) is 0 Å². The lowest BCUT2D eigenvalue weighted by atomic mass is 10.5. The van der Waals surface area contributed by atoms with Crippen LogP contribution in [0.5, 0.6) is 0 Å². The lowest BCUT2D eigenvalue weighted by molar-refractivity contribution is 0.287. The first-order valence-corrected chi connectivity index (χ1v) is 4.34. The monoisotopic (exact) mass is 178 g/mol. The van der Waals surface area contributed by atoms with Gasteiger partial charge in [-0.3, -0.25) is 0 Å². The Labute approximate surface area is 75.0 Å². The molecule has 0 aliphatic carbocycles. The van der Waals surface area contributed by atoms with Gasteiger partial charge in [0.1, 0.15) is 0 Å². The zero-order chi connectivity index (χ0) is 9.66. The molecule has 0 aromatic heterocycles. The second kappa shape index (κ2) is 17.1. The topological polar surface area (TPSA) is 64.5 Å². The van der Waals surface area contributed by atoms with Crippen molar-refractivity contribution in [2.45, 2.75) is 12.8 Å². The fraction of sp³-hybridized carbons (Fsp3) is 1.00. The number of nitrogens with one attached hydrogen (secondary N) is 2. The lowest BCUT2D eigenvalue weighted by Crippen LogP contribution is -2.08. The van der Waals surface area contributed by atoms with Gasteiger partial charge in [0.15, 0.2) is 0 Å². The smallest absolute Gasteiger partial charge is 0.0443 e. The summed E-state index contributed by atoms with van der Waals surface area (Å²) in [4.78, 5) is 0. The molecule has 0 aromatic rings. The van der Waals surface area contributed by atoms with E-state index in [1.807, 2.05) is 14.1 Å². The molecule has 0 saturated heterocycles. The van der Waals surface area contributed by atoms with Crippen LogP contribution in [0.3, 0.4) is 0 Å². The number of hydrogen-bond acceptors (Lipinski definition) is 4. The van der Waals surface area contributed by atoms with Gasteiger partial charge in [0.2, 0.25) is 0 Å². The predicted octanol–water partition coefficient (Wildman–Crippen LogP) is -0.824. The Kier molecular flexibility index (Phi) is 20.4. The first-order valence-electron chi connectivity index (χ1n) is 4.34. The van der Waals surface area contributed by atoms with Gasteiger partial charge < -0.3 is 20.8 Å². The highest BCUT2D eigenvalue weighted by Gasteiger charge is 1.74. The Bertz CT molecular complexity index is 47.0. The molecule has 0 radical (unpaired) electrons. The van der Waals surface area contributed by atoms with E-state index in [1.54, 1.807) is 0 Å². The van der Waals surface area contributed by atoms with Crippen molar-refractivity contribution < 1.29 is 10.2 Å². The molecule has 0 aliphatic heterocycles. The molecule has 0 aliphatic rings. The molecular formula is C8H22N2O2. The van der Waals surface area contributed by atoms with Crippen molar-refractivity contribution in [2.24, 2.45) is 0 Å². The van der Waals surface area contributed by atoms with E-state index in [4.69, 9.17) is 10.2 Å². The van der Waals surface area contributed by atoms with Gasteiger partial charge in [-0.25, -0.2) is 0 Å². The Morgan fingerprint density at radius 2 is 1.17 bits per heavy atom. The molecule has 0 fully saturated rings. The molecule has 76 valence electrons. The second-order valence-electron chi connectivity index (χ2n) is 2.36. The average molecular weight is 178 g/mol. The summed E-state index contributed by atoms with van der Waals surface area (Å²) in [5, 5.41) is 22.1. The van der Waals surface area contributed by atoms with Gasteiger partial charge in [0, 0.05) is 13.2 Å². The molecule has 0 aromatic carbocycles.